The highest BCUT2D eigenvalue weighted by Crippen LogP contribution is 2.20. The van der Waals surface area contributed by atoms with Gasteiger partial charge < -0.3 is 10.2 Å². The molecule has 19 heavy (non-hydrogen) atoms. The van der Waals surface area contributed by atoms with Gasteiger partial charge in [0, 0.05) is 19.1 Å². The van der Waals surface area contributed by atoms with Crippen molar-refractivity contribution in [3.8, 4) is 0 Å². The molecule has 0 atom stereocenters. The highest BCUT2D eigenvalue weighted by Gasteiger charge is 2.20. The number of carbonyl (C=O) groups is 1. The second-order valence-corrected chi connectivity index (χ2v) is 6.93. The van der Waals surface area contributed by atoms with Crippen molar-refractivity contribution in [2.75, 3.05) is 31.2 Å². The fourth-order valence-electron chi connectivity index (χ4n) is 2.37. The molecule has 2 rings (SSSR count). The van der Waals surface area contributed by atoms with E-state index >= 15 is 0 Å². The first-order valence-electron chi connectivity index (χ1n) is 6.39. The van der Waals surface area contributed by atoms with Crippen LogP contribution in [0.25, 0.3) is 0 Å². The fraction of sp³-hybridized carbons (Fsp3) is 0.462. The molecule has 0 spiro atoms. The number of quaternary nitrogens is 1. The highest BCUT2D eigenvalue weighted by molar-refractivity contribution is 7.90. The molecule has 1 heterocycles. The van der Waals surface area contributed by atoms with E-state index in [1.807, 2.05) is 0 Å². The predicted molar refractivity (Wildman–Crippen MR) is 73.0 cm³/mol. The summed E-state index contributed by atoms with van der Waals surface area (Å²) in [5.41, 5.74) is 0.369. The van der Waals surface area contributed by atoms with Crippen molar-refractivity contribution in [1.82, 2.24) is 0 Å². The van der Waals surface area contributed by atoms with Crippen molar-refractivity contribution >= 4 is 21.4 Å². The van der Waals surface area contributed by atoms with Crippen molar-refractivity contribution in [3.63, 3.8) is 0 Å². The van der Waals surface area contributed by atoms with Crippen LogP contribution in [-0.4, -0.2) is 40.2 Å². The molecule has 1 amide bonds. The lowest BCUT2D eigenvalue weighted by Gasteiger charge is -2.13. The number of hydrogen-bond donors (Lipinski definition) is 2. The van der Waals surface area contributed by atoms with Crippen molar-refractivity contribution in [2.24, 2.45) is 0 Å². The normalized spacial score (nSPS) is 16.5. The molecule has 1 aliphatic rings. The Morgan fingerprint density at radius 2 is 1.89 bits per heavy atom. The Bertz CT molecular complexity index is 563. The molecule has 1 fully saturated rings. The Hall–Kier alpha value is -1.40. The smallest absolute Gasteiger partial charge is 0.279 e. The van der Waals surface area contributed by atoms with Crippen LogP contribution in [0.4, 0.5) is 5.69 Å². The van der Waals surface area contributed by atoms with Crippen molar-refractivity contribution < 1.29 is 18.1 Å². The zero-order chi connectivity index (χ0) is 13.9. The maximum absolute atomic E-state index is 11.9. The van der Waals surface area contributed by atoms with Crippen molar-refractivity contribution in [2.45, 2.75) is 17.7 Å². The second kappa shape index (κ2) is 5.71. The van der Waals surface area contributed by atoms with Gasteiger partial charge in [-0.3, -0.25) is 4.79 Å². The van der Waals surface area contributed by atoms with E-state index in [0.29, 0.717) is 12.2 Å². The quantitative estimate of drug-likeness (QED) is 0.798. The highest BCUT2D eigenvalue weighted by atomic mass is 32.2. The Morgan fingerprint density at radius 3 is 2.53 bits per heavy atom. The van der Waals surface area contributed by atoms with Gasteiger partial charge in [-0.15, -0.1) is 0 Å². The summed E-state index contributed by atoms with van der Waals surface area (Å²) in [6, 6.07) is 6.49. The molecule has 104 valence electrons. The Kier molecular flexibility index (Phi) is 4.21. The molecule has 1 aromatic rings. The minimum atomic E-state index is -3.33. The molecule has 0 saturated carbocycles. The number of sulfone groups is 1. The van der Waals surface area contributed by atoms with Gasteiger partial charge in [0.1, 0.15) is 0 Å². The van der Waals surface area contributed by atoms with Gasteiger partial charge in [-0.25, -0.2) is 8.42 Å². The van der Waals surface area contributed by atoms with Crippen LogP contribution in [0.3, 0.4) is 0 Å². The van der Waals surface area contributed by atoms with E-state index in [1.165, 1.54) is 11.0 Å². The van der Waals surface area contributed by atoms with Gasteiger partial charge in [0.05, 0.1) is 23.7 Å². The first-order chi connectivity index (χ1) is 8.97. The number of amides is 1. The maximum atomic E-state index is 11.9. The van der Waals surface area contributed by atoms with E-state index in [0.717, 1.165) is 32.2 Å². The van der Waals surface area contributed by atoms with E-state index in [-0.39, 0.29) is 10.8 Å². The standard InChI is InChI=1S/C13H18N2O3S/c1-19(17,18)12-7-3-2-6-11(12)14-13(16)10-15-8-4-5-9-15/h2-3,6-7H,4-5,8-10H2,1H3,(H,14,16)/p+1. The van der Waals surface area contributed by atoms with Crippen LogP contribution in [0.15, 0.2) is 29.2 Å². The zero-order valence-corrected chi connectivity index (χ0v) is 11.8. The zero-order valence-electron chi connectivity index (χ0n) is 11.0. The number of likely N-dealkylation sites (tertiary alicyclic amines) is 1. The molecular formula is C13H19N2O3S+. The average molecular weight is 283 g/mol. The molecule has 2 N–H and O–H groups in total. The Labute approximate surface area is 113 Å². The van der Waals surface area contributed by atoms with Gasteiger partial charge in [0.25, 0.3) is 5.91 Å². The molecule has 1 aliphatic heterocycles. The lowest BCUT2D eigenvalue weighted by atomic mass is 10.3. The van der Waals surface area contributed by atoms with Gasteiger partial charge in [0.2, 0.25) is 0 Å². The van der Waals surface area contributed by atoms with Crippen LogP contribution < -0.4 is 10.2 Å². The number of anilines is 1. The molecule has 0 aliphatic carbocycles. The number of benzene rings is 1. The lowest BCUT2D eigenvalue weighted by molar-refractivity contribution is -0.878. The van der Waals surface area contributed by atoms with Gasteiger partial charge in [-0.1, -0.05) is 12.1 Å². The van der Waals surface area contributed by atoms with Gasteiger partial charge >= 0.3 is 0 Å². The van der Waals surface area contributed by atoms with E-state index in [1.54, 1.807) is 18.2 Å². The lowest BCUT2D eigenvalue weighted by Crippen LogP contribution is -3.11. The van der Waals surface area contributed by atoms with Crippen LogP contribution in [0.5, 0.6) is 0 Å². The number of rotatable bonds is 4. The number of para-hydroxylation sites is 1. The fourth-order valence-corrected chi connectivity index (χ4v) is 3.21. The van der Waals surface area contributed by atoms with E-state index in [2.05, 4.69) is 5.32 Å². The molecule has 0 bridgehead atoms. The Morgan fingerprint density at radius 1 is 1.26 bits per heavy atom. The van der Waals surface area contributed by atoms with Gasteiger partial charge in [-0.2, -0.15) is 0 Å². The molecule has 5 nitrogen and oxygen atoms in total. The van der Waals surface area contributed by atoms with Gasteiger partial charge in [0.15, 0.2) is 16.4 Å². The summed E-state index contributed by atoms with van der Waals surface area (Å²) >= 11 is 0. The van der Waals surface area contributed by atoms with Crippen molar-refractivity contribution in [3.05, 3.63) is 24.3 Å². The molecule has 1 aromatic carbocycles. The van der Waals surface area contributed by atoms with E-state index in [9.17, 15) is 13.2 Å². The summed E-state index contributed by atoms with van der Waals surface area (Å²) in [6.45, 7) is 2.43. The molecule has 1 saturated heterocycles. The summed E-state index contributed by atoms with van der Waals surface area (Å²) in [4.78, 5) is 13.3. The number of hydrogen-bond acceptors (Lipinski definition) is 3. The minimum Gasteiger partial charge on any atom is -0.327 e. The minimum absolute atomic E-state index is 0.131. The van der Waals surface area contributed by atoms with Crippen LogP contribution in [-0.2, 0) is 14.6 Å². The maximum Gasteiger partial charge on any atom is 0.279 e. The largest absolute Gasteiger partial charge is 0.327 e. The molecule has 6 heteroatoms. The summed E-state index contributed by atoms with van der Waals surface area (Å²) < 4.78 is 23.2. The number of carbonyl (C=O) groups excluding carboxylic acids is 1. The predicted octanol–water partition coefficient (Wildman–Crippen LogP) is -0.293. The third kappa shape index (κ3) is 3.78. The van der Waals surface area contributed by atoms with E-state index < -0.39 is 9.84 Å². The molecular weight excluding hydrogens is 264 g/mol. The summed E-state index contributed by atoms with van der Waals surface area (Å²) in [5.74, 6) is -0.131. The summed E-state index contributed by atoms with van der Waals surface area (Å²) in [5, 5.41) is 2.71. The molecule has 0 radical (unpaired) electrons. The third-order valence-electron chi connectivity index (χ3n) is 3.28. The summed E-state index contributed by atoms with van der Waals surface area (Å²) in [6.07, 6.45) is 3.45. The average Bonchev–Trinajstić information content (AvgIpc) is 2.81. The van der Waals surface area contributed by atoms with Crippen LogP contribution in [0, 0.1) is 0 Å². The topological polar surface area (TPSA) is 67.7 Å². The number of nitrogens with one attached hydrogen (secondary N) is 2. The van der Waals surface area contributed by atoms with E-state index in [4.69, 9.17) is 0 Å². The third-order valence-corrected chi connectivity index (χ3v) is 4.44. The SMILES string of the molecule is CS(=O)(=O)c1ccccc1NC(=O)C[NH+]1CCCC1. The molecule has 0 aromatic heterocycles. The first-order valence-corrected chi connectivity index (χ1v) is 8.28. The Balaban J connectivity index is 2.08. The first kappa shape index (κ1) is 14.0. The van der Waals surface area contributed by atoms with Crippen LogP contribution in [0.2, 0.25) is 0 Å². The van der Waals surface area contributed by atoms with Crippen molar-refractivity contribution in [1.29, 1.82) is 0 Å². The van der Waals surface area contributed by atoms with Crippen LogP contribution >= 0.6 is 0 Å². The van der Waals surface area contributed by atoms with Gasteiger partial charge in [-0.05, 0) is 12.1 Å². The molecule has 0 unspecified atom stereocenters. The summed E-state index contributed by atoms with van der Waals surface area (Å²) in [7, 11) is -3.33. The van der Waals surface area contributed by atoms with Crippen LogP contribution in [0.1, 0.15) is 12.8 Å². The monoisotopic (exact) mass is 283 g/mol. The second-order valence-electron chi connectivity index (χ2n) is 4.95.